The Morgan fingerprint density at radius 2 is 2.26 bits per heavy atom. The molecule has 1 aromatic heterocycles. The number of rotatable bonds is 4. The normalized spacial score (nSPS) is 11.7. The molecule has 0 fully saturated rings. The number of hydrogen-bond donors (Lipinski definition) is 1. The number of imidazole rings is 1. The lowest BCUT2D eigenvalue weighted by atomic mass is 10.2. The second-order valence-electron chi connectivity index (χ2n) is 4.29. The summed E-state index contributed by atoms with van der Waals surface area (Å²) in [6, 6.07) is 7.46. The minimum Gasteiger partial charge on any atom is -0.495 e. The summed E-state index contributed by atoms with van der Waals surface area (Å²) in [4.78, 5) is 4.31. The Labute approximate surface area is 112 Å². The maximum absolute atomic E-state index is 8.88. The van der Waals surface area contributed by atoms with E-state index >= 15 is 0 Å². The second kappa shape index (κ2) is 5.44. The number of methoxy groups -OCH3 is 1. The molecule has 2 rings (SSSR count). The van der Waals surface area contributed by atoms with Gasteiger partial charge >= 0.3 is 0 Å². The number of anilines is 1. The summed E-state index contributed by atoms with van der Waals surface area (Å²) in [7, 11) is 3.55. The van der Waals surface area contributed by atoms with Gasteiger partial charge in [0.05, 0.1) is 30.5 Å². The molecule has 0 saturated carbocycles. The molecular formula is C14H16N4O. The predicted molar refractivity (Wildman–Crippen MR) is 73.0 cm³/mol. The summed E-state index contributed by atoms with van der Waals surface area (Å²) in [6.45, 7) is 2.03. The fourth-order valence-corrected chi connectivity index (χ4v) is 1.97. The van der Waals surface area contributed by atoms with Crippen LogP contribution in [0.2, 0.25) is 0 Å². The highest BCUT2D eigenvalue weighted by atomic mass is 16.5. The number of nitriles is 1. The van der Waals surface area contributed by atoms with E-state index in [1.807, 2.05) is 30.8 Å². The third-order valence-corrected chi connectivity index (χ3v) is 2.95. The standard InChI is InChI=1S/C14H16N4O/c1-10(14-16-6-7-18(14)2)17-12-5-4-11(9-15)8-13(12)19-3/h4-8,10,17H,1-3H3. The Bertz CT molecular complexity index is 612. The van der Waals surface area contributed by atoms with Crippen LogP contribution in [0.1, 0.15) is 24.4 Å². The monoisotopic (exact) mass is 256 g/mol. The molecule has 0 spiro atoms. The lowest BCUT2D eigenvalue weighted by molar-refractivity contribution is 0.416. The fraction of sp³-hybridized carbons (Fsp3) is 0.286. The Morgan fingerprint density at radius 1 is 1.47 bits per heavy atom. The van der Waals surface area contributed by atoms with E-state index in [2.05, 4.69) is 16.4 Å². The molecule has 0 aliphatic carbocycles. The van der Waals surface area contributed by atoms with Gasteiger partial charge in [-0.05, 0) is 19.1 Å². The molecule has 5 nitrogen and oxygen atoms in total. The first-order valence-corrected chi connectivity index (χ1v) is 5.97. The maximum atomic E-state index is 8.88. The molecule has 19 heavy (non-hydrogen) atoms. The van der Waals surface area contributed by atoms with Crippen LogP contribution in [-0.2, 0) is 7.05 Å². The molecular weight excluding hydrogens is 240 g/mol. The van der Waals surface area contributed by atoms with Crippen molar-refractivity contribution in [3.8, 4) is 11.8 Å². The van der Waals surface area contributed by atoms with E-state index in [1.165, 1.54) is 0 Å². The topological polar surface area (TPSA) is 62.9 Å². The number of aromatic nitrogens is 2. The zero-order chi connectivity index (χ0) is 13.8. The van der Waals surface area contributed by atoms with Crippen molar-refractivity contribution in [3.05, 3.63) is 42.0 Å². The van der Waals surface area contributed by atoms with E-state index in [1.54, 1.807) is 25.4 Å². The summed E-state index contributed by atoms with van der Waals surface area (Å²) >= 11 is 0. The van der Waals surface area contributed by atoms with Crippen molar-refractivity contribution < 1.29 is 4.74 Å². The molecule has 1 aromatic carbocycles. The van der Waals surface area contributed by atoms with Crippen LogP contribution in [-0.4, -0.2) is 16.7 Å². The Balaban J connectivity index is 2.24. The molecule has 0 radical (unpaired) electrons. The van der Waals surface area contributed by atoms with Gasteiger partial charge in [-0.25, -0.2) is 4.98 Å². The third-order valence-electron chi connectivity index (χ3n) is 2.95. The van der Waals surface area contributed by atoms with Gasteiger partial charge in [-0.15, -0.1) is 0 Å². The molecule has 5 heteroatoms. The molecule has 0 saturated heterocycles. The number of ether oxygens (including phenoxy) is 1. The molecule has 1 N–H and O–H groups in total. The lowest BCUT2D eigenvalue weighted by Crippen LogP contribution is -2.12. The first-order valence-electron chi connectivity index (χ1n) is 5.97. The Kier molecular flexibility index (Phi) is 3.71. The summed E-state index contributed by atoms with van der Waals surface area (Å²) in [5, 5.41) is 12.2. The van der Waals surface area contributed by atoms with Gasteiger partial charge in [0.1, 0.15) is 11.6 Å². The van der Waals surface area contributed by atoms with Gasteiger partial charge in [-0.2, -0.15) is 5.26 Å². The van der Waals surface area contributed by atoms with Crippen molar-refractivity contribution in [1.29, 1.82) is 5.26 Å². The molecule has 2 aromatic rings. The average molecular weight is 256 g/mol. The van der Waals surface area contributed by atoms with E-state index in [9.17, 15) is 0 Å². The second-order valence-corrected chi connectivity index (χ2v) is 4.29. The number of nitrogens with zero attached hydrogens (tertiary/aromatic N) is 3. The van der Waals surface area contributed by atoms with Crippen LogP contribution in [0.25, 0.3) is 0 Å². The van der Waals surface area contributed by atoms with Gasteiger partial charge < -0.3 is 14.6 Å². The molecule has 1 heterocycles. The van der Waals surface area contributed by atoms with Gasteiger partial charge in [0.15, 0.2) is 0 Å². The first-order chi connectivity index (χ1) is 9.15. The van der Waals surface area contributed by atoms with Gasteiger partial charge in [0, 0.05) is 25.5 Å². The van der Waals surface area contributed by atoms with E-state index in [-0.39, 0.29) is 6.04 Å². The van der Waals surface area contributed by atoms with E-state index in [0.29, 0.717) is 11.3 Å². The lowest BCUT2D eigenvalue weighted by Gasteiger charge is -2.17. The molecule has 0 aliphatic rings. The summed E-state index contributed by atoms with van der Waals surface area (Å²) in [6.07, 6.45) is 3.67. The van der Waals surface area contributed by atoms with E-state index in [0.717, 1.165) is 11.5 Å². The average Bonchev–Trinajstić information content (AvgIpc) is 2.85. The number of hydrogen-bond acceptors (Lipinski definition) is 4. The minimum absolute atomic E-state index is 0.0434. The smallest absolute Gasteiger partial charge is 0.143 e. The maximum Gasteiger partial charge on any atom is 0.143 e. The van der Waals surface area contributed by atoms with Crippen LogP contribution >= 0.6 is 0 Å². The minimum atomic E-state index is 0.0434. The molecule has 1 atom stereocenters. The zero-order valence-electron chi connectivity index (χ0n) is 11.2. The quantitative estimate of drug-likeness (QED) is 0.912. The van der Waals surface area contributed by atoms with E-state index in [4.69, 9.17) is 10.00 Å². The highest BCUT2D eigenvalue weighted by Gasteiger charge is 2.12. The van der Waals surface area contributed by atoms with Crippen LogP contribution < -0.4 is 10.1 Å². The molecule has 0 amide bonds. The highest BCUT2D eigenvalue weighted by Crippen LogP contribution is 2.28. The van der Waals surface area contributed by atoms with E-state index < -0.39 is 0 Å². The van der Waals surface area contributed by atoms with Crippen LogP contribution in [0.3, 0.4) is 0 Å². The van der Waals surface area contributed by atoms with Crippen LogP contribution in [0.5, 0.6) is 5.75 Å². The van der Waals surface area contributed by atoms with Crippen molar-refractivity contribution in [2.24, 2.45) is 7.05 Å². The number of aryl methyl sites for hydroxylation is 1. The van der Waals surface area contributed by atoms with Crippen molar-refractivity contribution >= 4 is 5.69 Å². The van der Waals surface area contributed by atoms with Crippen molar-refractivity contribution in [2.75, 3.05) is 12.4 Å². The van der Waals surface area contributed by atoms with Crippen LogP contribution in [0.4, 0.5) is 5.69 Å². The Morgan fingerprint density at radius 3 is 2.84 bits per heavy atom. The van der Waals surface area contributed by atoms with Gasteiger partial charge in [0.2, 0.25) is 0 Å². The van der Waals surface area contributed by atoms with Gasteiger partial charge in [-0.1, -0.05) is 0 Å². The van der Waals surface area contributed by atoms with Crippen molar-refractivity contribution in [2.45, 2.75) is 13.0 Å². The predicted octanol–water partition coefficient (Wildman–Crippen LogP) is 2.47. The summed E-state index contributed by atoms with van der Waals surface area (Å²) in [5.74, 6) is 1.59. The summed E-state index contributed by atoms with van der Waals surface area (Å²) < 4.78 is 7.26. The van der Waals surface area contributed by atoms with Gasteiger partial charge in [-0.3, -0.25) is 0 Å². The third kappa shape index (κ3) is 2.68. The zero-order valence-corrected chi connectivity index (χ0v) is 11.2. The molecule has 0 aliphatic heterocycles. The molecule has 98 valence electrons. The summed E-state index contributed by atoms with van der Waals surface area (Å²) in [5.41, 5.74) is 1.42. The first kappa shape index (κ1) is 13.0. The van der Waals surface area contributed by atoms with Gasteiger partial charge in [0.25, 0.3) is 0 Å². The van der Waals surface area contributed by atoms with Crippen LogP contribution in [0, 0.1) is 11.3 Å². The largest absolute Gasteiger partial charge is 0.495 e. The fourth-order valence-electron chi connectivity index (χ4n) is 1.97. The Hall–Kier alpha value is -2.48. The molecule has 1 unspecified atom stereocenters. The SMILES string of the molecule is COc1cc(C#N)ccc1NC(C)c1nccn1C. The molecule has 0 bridgehead atoms. The highest BCUT2D eigenvalue weighted by molar-refractivity contribution is 5.60. The number of nitrogens with one attached hydrogen (secondary N) is 1. The van der Waals surface area contributed by atoms with Crippen molar-refractivity contribution in [1.82, 2.24) is 9.55 Å². The number of benzene rings is 1. The van der Waals surface area contributed by atoms with Crippen molar-refractivity contribution in [3.63, 3.8) is 0 Å². The van der Waals surface area contributed by atoms with Crippen LogP contribution in [0.15, 0.2) is 30.6 Å².